The van der Waals surface area contributed by atoms with Crippen LogP contribution in [0.3, 0.4) is 0 Å². The summed E-state index contributed by atoms with van der Waals surface area (Å²) in [5.74, 6) is 0.121. The number of anilines is 1. The minimum Gasteiger partial charge on any atom is -0.497 e. The third-order valence-corrected chi connectivity index (χ3v) is 8.65. The highest BCUT2D eigenvalue weighted by Gasteiger charge is 2.30. The Balaban J connectivity index is 1.91. The van der Waals surface area contributed by atoms with Crippen molar-refractivity contribution in [2.24, 2.45) is 0 Å². The normalized spacial score (nSPS) is 11.9. The van der Waals surface area contributed by atoms with Gasteiger partial charge in [0.05, 0.1) is 24.1 Å². The van der Waals surface area contributed by atoms with E-state index in [2.05, 4.69) is 5.32 Å². The summed E-state index contributed by atoms with van der Waals surface area (Å²) in [5, 5.41) is 3.57. The maximum atomic E-state index is 14.0. The molecule has 0 unspecified atom stereocenters. The highest BCUT2D eigenvalue weighted by atomic mass is 35.5. The molecule has 0 saturated carbocycles. The van der Waals surface area contributed by atoms with Crippen LogP contribution >= 0.6 is 23.2 Å². The minimum atomic E-state index is -3.73. The molecule has 8 nitrogen and oxygen atoms in total. The Bertz CT molecular complexity index is 1470. The molecule has 232 valence electrons. The summed E-state index contributed by atoms with van der Waals surface area (Å²) in [5.41, 5.74) is 1.96. The summed E-state index contributed by atoms with van der Waals surface area (Å²) in [6.45, 7) is 2.72. The minimum absolute atomic E-state index is 0.00169. The van der Waals surface area contributed by atoms with Gasteiger partial charge < -0.3 is 15.0 Å². The van der Waals surface area contributed by atoms with E-state index < -0.39 is 16.1 Å². The zero-order valence-electron chi connectivity index (χ0n) is 24.8. The smallest absolute Gasteiger partial charge is 0.243 e. The number of benzene rings is 3. The number of hydrogen-bond donors (Lipinski definition) is 1. The molecular formula is C32H39Cl2N3O5S. The van der Waals surface area contributed by atoms with E-state index in [1.165, 1.54) is 12.1 Å². The molecule has 3 rings (SSSR count). The van der Waals surface area contributed by atoms with Gasteiger partial charge in [0.25, 0.3) is 0 Å². The Hall–Kier alpha value is -3.27. The Morgan fingerprint density at radius 2 is 1.67 bits per heavy atom. The molecule has 0 aliphatic rings. The summed E-state index contributed by atoms with van der Waals surface area (Å²) < 4.78 is 31.9. The molecule has 1 N–H and O–H groups in total. The van der Waals surface area contributed by atoms with E-state index in [0.717, 1.165) is 34.5 Å². The average molecular weight is 649 g/mol. The standard InChI is InChI=1S/C32H39Cl2N3O5S/c1-4-5-18-35-32(39)30(21-24-11-7-6-8-12-24)36(23-25-13-9-14-27(20-25)42-2)31(38)15-10-19-37(43(3,40)41)29-22-26(33)16-17-28(29)34/h6-9,11-14,16-17,20,22,30H,4-5,10,15,18-19,21,23H2,1-3H3,(H,35,39)/t30-/m1/s1. The van der Waals surface area contributed by atoms with Crippen LogP contribution in [0.4, 0.5) is 5.69 Å². The number of sulfonamides is 1. The topological polar surface area (TPSA) is 96.0 Å². The summed E-state index contributed by atoms with van der Waals surface area (Å²) in [6.07, 6.45) is 3.34. The van der Waals surface area contributed by atoms with Gasteiger partial charge in [0.15, 0.2) is 0 Å². The molecule has 0 aliphatic heterocycles. The van der Waals surface area contributed by atoms with Gasteiger partial charge in [0.2, 0.25) is 21.8 Å². The molecule has 0 fully saturated rings. The van der Waals surface area contributed by atoms with E-state index in [0.29, 0.717) is 23.7 Å². The number of ether oxygens (including phenoxy) is 1. The molecule has 0 aliphatic carbocycles. The number of nitrogens with one attached hydrogen (secondary N) is 1. The van der Waals surface area contributed by atoms with Crippen LogP contribution in [0.5, 0.6) is 5.75 Å². The number of nitrogens with zero attached hydrogens (tertiary/aromatic N) is 2. The Morgan fingerprint density at radius 3 is 2.35 bits per heavy atom. The van der Waals surface area contributed by atoms with E-state index in [9.17, 15) is 18.0 Å². The van der Waals surface area contributed by atoms with E-state index >= 15 is 0 Å². The lowest BCUT2D eigenvalue weighted by Gasteiger charge is -2.32. The zero-order valence-corrected chi connectivity index (χ0v) is 27.1. The summed E-state index contributed by atoms with van der Waals surface area (Å²) in [7, 11) is -2.16. The predicted molar refractivity (Wildman–Crippen MR) is 173 cm³/mol. The highest BCUT2D eigenvalue weighted by Crippen LogP contribution is 2.31. The van der Waals surface area contributed by atoms with Crippen molar-refractivity contribution in [3.8, 4) is 5.75 Å². The second kappa shape index (κ2) is 16.5. The average Bonchev–Trinajstić information content (AvgIpc) is 2.98. The Kier molecular flexibility index (Phi) is 13.2. The Morgan fingerprint density at radius 1 is 0.953 bits per heavy atom. The van der Waals surface area contributed by atoms with E-state index in [4.69, 9.17) is 27.9 Å². The quantitative estimate of drug-likeness (QED) is 0.189. The maximum Gasteiger partial charge on any atom is 0.243 e. The Labute approximate surface area is 265 Å². The van der Waals surface area contributed by atoms with E-state index in [-0.39, 0.29) is 48.5 Å². The largest absolute Gasteiger partial charge is 0.497 e. The van der Waals surface area contributed by atoms with Crippen molar-refractivity contribution >= 4 is 50.7 Å². The number of carbonyl (C=O) groups is 2. The van der Waals surface area contributed by atoms with Gasteiger partial charge in [-0.15, -0.1) is 0 Å². The molecule has 0 bridgehead atoms. The van der Waals surface area contributed by atoms with E-state index in [1.54, 1.807) is 18.1 Å². The molecule has 1 atom stereocenters. The first kappa shape index (κ1) is 34.2. The molecule has 0 saturated heterocycles. The molecule has 11 heteroatoms. The molecule has 43 heavy (non-hydrogen) atoms. The first-order valence-corrected chi connectivity index (χ1v) is 16.8. The van der Waals surface area contributed by atoms with Crippen LogP contribution in [0.1, 0.15) is 43.7 Å². The van der Waals surface area contributed by atoms with Crippen molar-refractivity contribution in [1.29, 1.82) is 0 Å². The SMILES string of the molecule is CCCCNC(=O)[C@@H](Cc1ccccc1)N(Cc1cccc(OC)c1)C(=O)CCCN(c1cc(Cl)ccc1Cl)S(C)(=O)=O. The molecule has 3 aromatic rings. The van der Waals surface area contributed by atoms with Crippen molar-refractivity contribution in [2.45, 2.75) is 51.6 Å². The van der Waals surface area contributed by atoms with Gasteiger partial charge in [-0.2, -0.15) is 0 Å². The van der Waals surface area contributed by atoms with Crippen LogP contribution in [0.2, 0.25) is 10.0 Å². The lowest BCUT2D eigenvalue weighted by Crippen LogP contribution is -2.50. The van der Waals surface area contributed by atoms with Gasteiger partial charge >= 0.3 is 0 Å². The first-order valence-electron chi connectivity index (χ1n) is 14.2. The number of unbranched alkanes of at least 4 members (excludes halogenated alkanes) is 1. The van der Waals surface area contributed by atoms with Gasteiger partial charge in [-0.1, -0.05) is 79.0 Å². The van der Waals surface area contributed by atoms with Crippen LogP contribution in [0.25, 0.3) is 0 Å². The summed E-state index contributed by atoms with van der Waals surface area (Å²) >= 11 is 12.4. The van der Waals surface area contributed by atoms with Crippen molar-refractivity contribution in [3.05, 3.63) is 94.0 Å². The molecule has 0 aromatic heterocycles. The maximum absolute atomic E-state index is 14.0. The monoisotopic (exact) mass is 647 g/mol. The molecule has 0 radical (unpaired) electrons. The van der Waals surface area contributed by atoms with Crippen molar-refractivity contribution in [1.82, 2.24) is 10.2 Å². The van der Waals surface area contributed by atoms with E-state index in [1.807, 2.05) is 61.5 Å². The second-order valence-corrected chi connectivity index (χ2v) is 13.0. The van der Waals surface area contributed by atoms with Gasteiger partial charge in [0, 0.05) is 37.5 Å². The van der Waals surface area contributed by atoms with Gasteiger partial charge in [0.1, 0.15) is 11.8 Å². The number of rotatable bonds is 16. The molecule has 2 amide bonds. The fourth-order valence-corrected chi connectivity index (χ4v) is 6.09. The molecule has 0 spiro atoms. The summed E-state index contributed by atoms with van der Waals surface area (Å²) in [6, 6.07) is 20.7. The number of amides is 2. The predicted octanol–water partition coefficient (Wildman–Crippen LogP) is 6.10. The zero-order chi connectivity index (χ0) is 31.4. The van der Waals surface area contributed by atoms with Crippen LogP contribution in [-0.2, 0) is 32.6 Å². The fraction of sp³-hybridized carbons (Fsp3) is 0.375. The summed E-state index contributed by atoms with van der Waals surface area (Å²) in [4.78, 5) is 29.1. The number of hydrogen-bond acceptors (Lipinski definition) is 5. The van der Waals surface area contributed by atoms with Gasteiger partial charge in [-0.05, 0) is 54.3 Å². The third kappa shape index (κ3) is 10.4. The lowest BCUT2D eigenvalue weighted by molar-refractivity contribution is -0.141. The second-order valence-electron chi connectivity index (χ2n) is 10.3. The van der Waals surface area contributed by atoms with Gasteiger partial charge in [-0.3, -0.25) is 13.9 Å². The number of halogens is 2. The van der Waals surface area contributed by atoms with Crippen LogP contribution in [0.15, 0.2) is 72.8 Å². The van der Waals surface area contributed by atoms with Crippen LogP contribution in [-0.4, -0.2) is 57.6 Å². The first-order chi connectivity index (χ1) is 20.5. The van der Waals surface area contributed by atoms with Crippen molar-refractivity contribution in [3.63, 3.8) is 0 Å². The van der Waals surface area contributed by atoms with Crippen LogP contribution in [0, 0.1) is 0 Å². The lowest BCUT2D eigenvalue weighted by atomic mass is 10.0. The molecular weight excluding hydrogens is 609 g/mol. The highest BCUT2D eigenvalue weighted by molar-refractivity contribution is 7.92. The molecule has 3 aromatic carbocycles. The third-order valence-electron chi connectivity index (χ3n) is 6.92. The molecule has 0 heterocycles. The van der Waals surface area contributed by atoms with Gasteiger partial charge in [-0.25, -0.2) is 8.42 Å². The fourth-order valence-electron chi connectivity index (χ4n) is 4.69. The van der Waals surface area contributed by atoms with Crippen molar-refractivity contribution < 1.29 is 22.7 Å². The number of carbonyl (C=O) groups excluding carboxylic acids is 2. The number of methoxy groups -OCH3 is 1. The van der Waals surface area contributed by atoms with Crippen molar-refractivity contribution in [2.75, 3.05) is 30.8 Å². The van der Waals surface area contributed by atoms with Crippen LogP contribution < -0.4 is 14.4 Å².